The van der Waals surface area contributed by atoms with Gasteiger partial charge in [-0.3, -0.25) is 4.79 Å². The number of carbonyl (C=O) groups is 1. The molecule has 1 fully saturated rings. The Labute approximate surface area is 75.3 Å². The van der Waals surface area contributed by atoms with Gasteiger partial charge >= 0.3 is 5.97 Å². The Morgan fingerprint density at radius 3 is 2.54 bits per heavy atom. The fraction of sp³-hybridized carbons (Fsp3) is 0.667. The topological polar surface area (TPSA) is 110 Å². The lowest BCUT2D eigenvalue weighted by atomic mass is 10.1. The number of sulfonamides is 1. The third-order valence-electron chi connectivity index (χ3n) is 2.04. The van der Waals surface area contributed by atoms with Crippen LogP contribution in [0.3, 0.4) is 0 Å². The predicted molar refractivity (Wildman–Crippen MR) is 41.6 cm³/mol. The normalized spacial score (nSPS) is 31.9. The van der Waals surface area contributed by atoms with E-state index in [1.165, 1.54) is 0 Å². The molecule has 1 aliphatic rings. The predicted octanol–water partition coefficient (Wildman–Crippen LogP) is -1.27. The number of rotatable bonds is 2. The van der Waals surface area contributed by atoms with Gasteiger partial charge in [0.1, 0.15) is 5.25 Å². The molecule has 0 aromatic rings. The molecule has 0 bridgehead atoms. The number of hydrogen-bond donors (Lipinski definition) is 1. The van der Waals surface area contributed by atoms with E-state index in [-0.39, 0.29) is 6.42 Å². The van der Waals surface area contributed by atoms with Crippen molar-refractivity contribution in [2.75, 3.05) is 7.11 Å². The number of primary sulfonamides is 1. The highest BCUT2D eigenvalue weighted by molar-refractivity contribution is 7.90. The van der Waals surface area contributed by atoms with Crippen molar-refractivity contribution in [3.8, 4) is 6.07 Å². The zero-order valence-corrected chi connectivity index (χ0v) is 7.67. The third-order valence-corrected chi connectivity index (χ3v) is 3.40. The highest BCUT2D eigenvalue weighted by Crippen LogP contribution is 2.50. The number of carbonyl (C=O) groups excluding carboxylic acids is 1. The van der Waals surface area contributed by atoms with Crippen LogP contribution in [0.5, 0.6) is 0 Å². The van der Waals surface area contributed by atoms with Crippen molar-refractivity contribution in [3.63, 3.8) is 0 Å². The van der Waals surface area contributed by atoms with Gasteiger partial charge in [-0.2, -0.15) is 5.26 Å². The van der Waals surface area contributed by atoms with E-state index in [1.807, 2.05) is 0 Å². The quantitative estimate of drug-likeness (QED) is 0.564. The number of methoxy groups -OCH3 is 1. The van der Waals surface area contributed by atoms with E-state index < -0.39 is 26.7 Å². The van der Waals surface area contributed by atoms with Crippen LogP contribution in [0.1, 0.15) is 6.42 Å². The average Bonchev–Trinajstić information content (AvgIpc) is 2.78. The molecule has 0 aromatic carbocycles. The Balaban J connectivity index is 2.96. The number of esters is 1. The van der Waals surface area contributed by atoms with Crippen LogP contribution < -0.4 is 5.14 Å². The van der Waals surface area contributed by atoms with Gasteiger partial charge in [0, 0.05) is 0 Å². The number of nitrogens with two attached hydrogens (primary N) is 1. The maximum atomic E-state index is 11.0. The van der Waals surface area contributed by atoms with Crippen molar-refractivity contribution in [2.24, 2.45) is 10.6 Å². The molecule has 2 atom stereocenters. The molecule has 0 aromatic heterocycles. The highest BCUT2D eigenvalue weighted by atomic mass is 32.2. The van der Waals surface area contributed by atoms with E-state index in [0.29, 0.717) is 0 Å². The monoisotopic (exact) mass is 204 g/mol. The Bertz CT molecular complexity index is 382. The zero-order chi connectivity index (χ0) is 10.3. The van der Waals surface area contributed by atoms with Gasteiger partial charge in [-0.1, -0.05) is 0 Å². The first-order valence-electron chi connectivity index (χ1n) is 3.40. The van der Waals surface area contributed by atoms with Crippen LogP contribution in [0.4, 0.5) is 0 Å². The second-order valence-corrected chi connectivity index (χ2v) is 4.60. The largest absolute Gasteiger partial charge is 0.468 e. The van der Waals surface area contributed by atoms with Crippen LogP contribution in [-0.2, 0) is 19.6 Å². The van der Waals surface area contributed by atoms with Crippen LogP contribution in [0.15, 0.2) is 0 Å². The van der Waals surface area contributed by atoms with Crippen molar-refractivity contribution >= 4 is 16.0 Å². The van der Waals surface area contributed by atoms with Gasteiger partial charge in [0.25, 0.3) is 0 Å². The minimum atomic E-state index is -3.83. The molecule has 13 heavy (non-hydrogen) atoms. The number of nitriles is 1. The summed E-state index contributed by atoms with van der Waals surface area (Å²) in [5.74, 6) is -0.839. The van der Waals surface area contributed by atoms with Crippen LogP contribution >= 0.6 is 0 Å². The molecule has 0 unspecified atom stereocenters. The van der Waals surface area contributed by atoms with Crippen LogP contribution in [0.2, 0.25) is 0 Å². The molecule has 0 amide bonds. The van der Waals surface area contributed by atoms with Gasteiger partial charge < -0.3 is 4.74 Å². The standard InChI is InChI=1S/C6H8N2O4S/c1-12-5(9)6(3-7)2-4(6)13(8,10)11/h4H,2H2,1H3,(H2,8,10,11)/t4-,6+/m1/s1. The molecular weight excluding hydrogens is 196 g/mol. The van der Waals surface area contributed by atoms with Gasteiger partial charge in [-0.25, -0.2) is 13.6 Å². The lowest BCUT2D eigenvalue weighted by Crippen LogP contribution is -2.28. The van der Waals surface area contributed by atoms with Crippen LogP contribution in [0.25, 0.3) is 0 Å². The molecule has 7 heteroatoms. The lowest BCUT2D eigenvalue weighted by molar-refractivity contribution is -0.144. The number of ether oxygens (including phenoxy) is 1. The van der Waals surface area contributed by atoms with Crippen molar-refractivity contribution < 1.29 is 17.9 Å². The molecule has 1 rings (SSSR count). The summed E-state index contributed by atoms with van der Waals surface area (Å²) < 4.78 is 25.9. The van der Waals surface area contributed by atoms with Crippen molar-refractivity contribution in [1.29, 1.82) is 5.26 Å². The minimum Gasteiger partial charge on any atom is -0.468 e. The van der Waals surface area contributed by atoms with E-state index in [4.69, 9.17) is 10.4 Å². The molecule has 0 aliphatic heterocycles. The molecule has 72 valence electrons. The van der Waals surface area contributed by atoms with Gasteiger partial charge in [-0.05, 0) is 6.42 Å². The maximum Gasteiger partial charge on any atom is 0.327 e. The summed E-state index contributed by atoms with van der Waals surface area (Å²) in [5, 5.41) is 12.3. The van der Waals surface area contributed by atoms with Gasteiger partial charge in [0.2, 0.25) is 10.0 Å². The first-order valence-corrected chi connectivity index (χ1v) is 5.00. The summed E-state index contributed by atoms with van der Waals surface area (Å²) in [7, 11) is -2.73. The Hall–Kier alpha value is -1.13. The SMILES string of the molecule is COC(=O)[C@]1(C#N)C[C@H]1S(N)(=O)=O. The van der Waals surface area contributed by atoms with Crippen molar-refractivity contribution in [1.82, 2.24) is 0 Å². The van der Waals surface area contributed by atoms with Gasteiger partial charge in [0.05, 0.1) is 13.2 Å². The van der Waals surface area contributed by atoms with Gasteiger partial charge in [0.15, 0.2) is 5.41 Å². The second-order valence-electron chi connectivity index (χ2n) is 2.86. The third kappa shape index (κ3) is 1.38. The molecule has 1 saturated carbocycles. The van der Waals surface area contributed by atoms with E-state index >= 15 is 0 Å². The molecule has 0 heterocycles. The first-order chi connectivity index (χ1) is 5.88. The lowest BCUT2D eigenvalue weighted by Gasteiger charge is -2.03. The summed E-state index contributed by atoms with van der Waals surface area (Å²) in [6.07, 6.45) is -0.0744. The minimum absolute atomic E-state index is 0.0744. The van der Waals surface area contributed by atoms with Crippen LogP contribution in [0, 0.1) is 16.7 Å². The summed E-state index contributed by atoms with van der Waals surface area (Å²) in [4.78, 5) is 11.0. The number of nitrogens with zero attached hydrogens (tertiary/aromatic N) is 1. The first kappa shape index (κ1) is 9.95. The molecular formula is C6H8N2O4S. The summed E-state index contributed by atoms with van der Waals surface area (Å²) in [5.41, 5.74) is -1.57. The highest BCUT2D eigenvalue weighted by Gasteiger charge is 2.67. The Kier molecular flexibility index (Phi) is 2.05. The second kappa shape index (κ2) is 2.68. The van der Waals surface area contributed by atoms with E-state index in [0.717, 1.165) is 7.11 Å². The molecule has 1 aliphatic carbocycles. The summed E-state index contributed by atoms with van der Waals surface area (Å²) in [6.45, 7) is 0. The van der Waals surface area contributed by atoms with Gasteiger partial charge in [-0.15, -0.1) is 0 Å². The fourth-order valence-corrected chi connectivity index (χ4v) is 2.40. The summed E-state index contributed by atoms with van der Waals surface area (Å²) in [6, 6.07) is 1.63. The smallest absolute Gasteiger partial charge is 0.327 e. The average molecular weight is 204 g/mol. The van der Waals surface area contributed by atoms with E-state index in [9.17, 15) is 13.2 Å². The fourth-order valence-electron chi connectivity index (χ4n) is 1.19. The molecule has 0 spiro atoms. The molecule has 0 saturated heterocycles. The Morgan fingerprint density at radius 2 is 2.31 bits per heavy atom. The summed E-state index contributed by atoms with van der Waals surface area (Å²) >= 11 is 0. The zero-order valence-electron chi connectivity index (χ0n) is 6.85. The molecule has 2 N–H and O–H groups in total. The number of hydrogen-bond acceptors (Lipinski definition) is 5. The van der Waals surface area contributed by atoms with Crippen molar-refractivity contribution in [3.05, 3.63) is 0 Å². The van der Waals surface area contributed by atoms with Crippen molar-refractivity contribution in [2.45, 2.75) is 11.7 Å². The van der Waals surface area contributed by atoms with Crippen LogP contribution in [-0.4, -0.2) is 26.7 Å². The molecule has 0 radical (unpaired) electrons. The van der Waals surface area contributed by atoms with E-state index in [2.05, 4.69) is 4.74 Å². The maximum absolute atomic E-state index is 11.0. The Morgan fingerprint density at radius 1 is 1.77 bits per heavy atom. The van der Waals surface area contributed by atoms with E-state index in [1.54, 1.807) is 6.07 Å². The molecule has 6 nitrogen and oxygen atoms in total.